The molecule has 5 nitrogen and oxygen atoms in total. The third kappa shape index (κ3) is 2.88. The van der Waals surface area contributed by atoms with Gasteiger partial charge in [-0.25, -0.2) is 0 Å². The molecular formula is C15H22N2O3. The van der Waals surface area contributed by atoms with Gasteiger partial charge in [0.05, 0.1) is 31.2 Å². The third-order valence-electron chi connectivity index (χ3n) is 4.28. The van der Waals surface area contributed by atoms with Gasteiger partial charge in [0.25, 0.3) is 0 Å². The summed E-state index contributed by atoms with van der Waals surface area (Å²) in [5.74, 6) is 0.729. The first-order chi connectivity index (χ1) is 9.61. The molecule has 0 bridgehead atoms. The van der Waals surface area contributed by atoms with Gasteiger partial charge in [-0.3, -0.25) is 9.69 Å². The normalized spacial score (nSPS) is 29.6. The highest BCUT2D eigenvalue weighted by molar-refractivity contribution is 5.76. The molecule has 0 N–H and O–H groups in total. The lowest BCUT2D eigenvalue weighted by Crippen LogP contribution is -2.29. The molecule has 0 spiro atoms. The zero-order chi connectivity index (χ0) is 14.1. The Hall–Kier alpha value is -1.33. The highest BCUT2D eigenvalue weighted by atomic mass is 16.5. The summed E-state index contributed by atoms with van der Waals surface area (Å²) < 4.78 is 11.1. The lowest BCUT2D eigenvalue weighted by molar-refractivity contribution is -0.131. The Bertz CT molecular complexity index is 444. The van der Waals surface area contributed by atoms with E-state index in [2.05, 4.69) is 4.90 Å². The van der Waals surface area contributed by atoms with Gasteiger partial charge in [-0.1, -0.05) is 0 Å². The van der Waals surface area contributed by atoms with Crippen molar-refractivity contribution in [1.29, 1.82) is 0 Å². The van der Waals surface area contributed by atoms with Gasteiger partial charge in [0, 0.05) is 45.2 Å². The quantitative estimate of drug-likeness (QED) is 0.834. The highest BCUT2D eigenvalue weighted by Gasteiger charge is 2.42. The predicted octanol–water partition coefficient (Wildman–Crippen LogP) is 1.35. The van der Waals surface area contributed by atoms with E-state index in [1.807, 2.05) is 6.07 Å². The number of furan rings is 1. The number of hydrogen-bond donors (Lipinski definition) is 0. The molecule has 3 atom stereocenters. The van der Waals surface area contributed by atoms with Crippen molar-refractivity contribution < 1.29 is 13.9 Å². The first-order valence-electron chi connectivity index (χ1n) is 7.21. The molecule has 2 saturated heterocycles. The molecule has 0 unspecified atom stereocenters. The van der Waals surface area contributed by atoms with Gasteiger partial charge in [0.2, 0.25) is 5.91 Å². The Morgan fingerprint density at radius 2 is 2.30 bits per heavy atom. The van der Waals surface area contributed by atoms with Crippen LogP contribution in [0.5, 0.6) is 0 Å². The molecule has 0 aromatic carbocycles. The maximum Gasteiger partial charge on any atom is 0.224 e. The van der Waals surface area contributed by atoms with Crippen molar-refractivity contribution in [3.8, 4) is 0 Å². The zero-order valence-electron chi connectivity index (χ0n) is 12.1. The molecule has 3 heterocycles. The van der Waals surface area contributed by atoms with Crippen LogP contribution in [0.15, 0.2) is 23.0 Å². The van der Waals surface area contributed by atoms with Crippen LogP contribution in [0.3, 0.4) is 0 Å². The van der Waals surface area contributed by atoms with Gasteiger partial charge >= 0.3 is 0 Å². The fraction of sp³-hybridized carbons (Fsp3) is 0.667. The molecule has 2 fully saturated rings. The van der Waals surface area contributed by atoms with E-state index in [-0.39, 0.29) is 12.0 Å². The van der Waals surface area contributed by atoms with Crippen molar-refractivity contribution in [3.63, 3.8) is 0 Å². The Labute approximate surface area is 119 Å². The number of amides is 1. The largest absolute Gasteiger partial charge is 0.472 e. The Kier molecular flexibility index (Phi) is 3.81. The van der Waals surface area contributed by atoms with E-state index in [9.17, 15) is 4.79 Å². The first kappa shape index (κ1) is 13.6. The summed E-state index contributed by atoms with van der Waals surface area (Å²) in [4.78, 5) is 15.8. The van der Waals surface area contributed by atoms with Crippen molar-refractivity contribution in [2.24, 2.45) is 5.92 Å². The minimum atomic E-state index is 0.107. The van der Waals surface area contributed by atoms with Crippen LogP contribution >= 0.6 is 0 Å². The van der Waals surface area contributed by atoms with Gasteiger partial charge in [-0.2, -0.15) is 0 Å². The molecule has 1 amide bonds. The zero-order valence-corrected chi connectivity index (χ0v) is 12.1. The molecule has 3 rings (SSSR count). The van der Waals surface area contributed by atoms with Crippen LogP contribution in [0.4, 0.5) is 0 Å². The van der Waals surface area contributed by atoms with Crippen molar-refractivity contribution in [2.75, 3.05) is 27.2 Å². The molecule has 1 aromatic heterocycles. The Balaban J connectivity index is 1.48. The van der Waals surface area contributed by atoms with E-state index in [4.69, 9.17) is 9.15 Å². The Morgan fingerprint density at radius 3 is 2.95 bits per heavy atom. The average molecular weight is 278 g/mol. The second-order valence-corrected chi connectivity index (χ2v) is 6.11. The summed E-state index contributed by atoms with van der Waals surface area (Å²) in [5.41, 5.74) is 1.21. The molecular weight excluding hydrogens is 256 g/mol. The highest BCUT2D eigenvalue weighted by Crippen LogP contribution is 2.34. The van der Waals surface area contributed by atoms with E-state index in [1.54, 1.807) is 31.5 Å². The number of nitrogens with zero attached hydrogens (tertiary/aromatic N) is 2. The molecule has 2 aliphatic heterocycles. The number of carbonyl (C=O) groups is 1. The summed E-state index contributed by atoms with van der Waals surface area (Å²) in [6, 6.07) is 2.01. The topological polar surface area (TPSA) is 45.9 Å². The van der Waals surface area contributed by atoms with Gasteiger partial charge < -0.3 is 14.1 Å². The van der Waals surface area contributed by atoms with E-state index in [0.29, 0.717) is 18.4 Å². The lowest BCUT2D eigenvalue weighted by Gasteiger charge is -2.19. The van der Waals surface area contributed by atoms with Crippen LogP contribution in [-0.4, -0.2) is 55.1 Å². The molecule has 110 valence electrons. The second-order valence-electron chi connectivity index (χ2n) is 6.11. The fourth-order valence-corrected chi connectivity index (χ4v) is 3.23. The molecule has 20 heavy (non-hydrogen) atoms. The van der Waals surface area contributed by atoms with Crippen molar-refractivity contribution in [2.45, 2.75) is 31.6 Å². The lowest BCUT2D eigenvalue weighted by atomic mass is 10.0. The van der Waals surface area contributed by atoms with Crippen molar-refractivity contribution >= 4 is 5.91 Å². The first-order valence-corrected chi connectivity index (χ1v) is 7.21. The van der Waals surface area contributed by atoms with Crippen LogP contribution in [0.25, 0.3) is 0 Å². The molecule has 0 radical (unpaired) electrons. The summed E-state index contributed by atoms with van der Waals surface area (Å²) in [6.07, 6.45) is 5.44. The summed E-state index contributed by atoms with van der Waals surface area (Å²) in [5, 5.41) is 0. The summed E-state index contributed by atoms with van der Waals surface area (Å²) in [6.45, 7) is 2.94. The van der Waals surface area contributed by atoms with Crippen molar-refractivity contribution in [3.05, 3.63) is 24.2 Å². The molecule has 2 aliphatic rings. The third-order valence-corrected chi connectivity index (χ3v) is 4.28. The molecule has 0 aliphatic carbocycles. The maximum absolute atomic E-state index is 11.7. The smallest absolute Gasteiger partial charge is 0.224 e. The monoisotopic (exact) mass is 278 g/mol. The van der Waals surface area contributed by atoms with Crippen LogP contribution < -0.4 is 0 Å². The van der Waals surface area contributed by atoms with Gasteiger partial charge in [-0.15, -0.1) is 0 Å². The predicted molar refractivity (Wildman–Crippen MR) is 74.1 cm³/mol. The summed E-state index contributed by atoms with van der Waals surface area (Å²) in [7, 11) is 3.59. The SMILES string of the molecule is CN(C)C(=O)C[C@@H]1C[C@H]2CN(Cc3ccoc3)C[C@H]2O1. The van der Waals surface area contributed by atoms with Crippen molar-refractivity contribution in [1.82, 2.24) is 9.80 Å². The van der Waals surface area contributed by atoms with Crippen LogP contribution in [-0.2, 0) is 16.1 Å². The Morgan fingerprint density at radius 1 is 1.45 bits per heavy atom. The molecule has 0 saturated carbocycles. The summed E-state index contributed by atoms with van der Waals surface area (Å²) >= 11 is 0. The number of hydrogen-bond acceptors (Lipinski definition) is 4. The maximum atomic E-state index is 11.7. The van der Waals surface area contributed by atoms with E-state index in [1.165, 1.54) is 5.56 Å². The average Bonchev–Trinajstić information content (AvgIpc) is 3.05. The van der Waals surface area contributed by atoms with E-state index >= 15 is 0 Å². The second kappa shape index (κ2) is 5.58. The minimum absolute atomic E-state index is 0.107. The van der Waals surface area contributed by atoms with Crippen LogP contribution in [0, 0.1) is 5.92 Å². The van der Waals surface area contributed by atoms with Crippen LogP contribution in [0.2, 0.25) is 0 Å². The molecule has 1 aromatic rings. The fourth-order valence-electron chi connectivity index (χ4n) is 3.23. The number of fused-ring (bicyclic) bond motifs is 1. The van der Waals surface area contributed by atoms with E-state index in [0.717, 1.165) is 26.1 Å². The van der Waals surface area contributed by atoms with Crippen LogP contribution in [0.1, 0.15) is 18.4 Å². The number of rotatable bonds is 4. The van der Waals surface area contributed by atoms with Gasteiger partial charge in [0.1, 0.15) is 0 Å². The van der Waals surface area contributed by atoms with E-state index < -0.39 is 0 Å². The minimum Gasteiger partial charge on any atom is -0.472 e. The van der Waals surface area contributed by atoms with Gasteiger partial charge in [0.15, 0.2) is 0 Å². The standard InChI is InChI=1S/C15H22N2O3/c1-16(2)15(18)6-13-5-12-8-17(9-14(12)20-13)7-11-3-4-19-10-11/h3-4,10,12-14H,5-9H2,1-2H3/t12-,13-,14+/m0/s1. The number of likely N-dealkylation sites (tertiary alicyclic amines) is 1. The number of ether oxygens (including phenoxy) is 1. The number of carbonyl (C=O) groups excluding carboxylic acids is 1. The van der Waals surface area contributed by atoms with Gasteiger partial charge in [-0.05, 0) is 12.5 Å². The molecule has 5 heteroatoms.